The van der Waals surface area contributed by atoms with Crippen molar-refractivity contribution < 1.29 is 13.2 Å². The third kappa shape index (κ3) is 8.03. The molecular weight excluding hydrogens is 532 g/mol. The van der Waals surface area contributed by atoms with Gasteiger partial charge in [0.2, 0.25) is 0 Å². The van der Waals surface area contributed by atoms with Crippen molar-refractivity contribution in [1.82, 2.24) is 25.3 Å². The normalized spacial score (nSPS) is 23.8. The topological polar surface area (TPSA) is 46.1 Å². The summed E-state index contributed by atoms with van der Waals surface area (Å²) in [5.74, 6) is 0.838. The van der Waals surface area contributed by atoms with Crippen LogP contribution in [0.25, 0.3) is 0 Å². The van der Waals surface area contributed by atoms with Crippen LogP contribution in [0, 0.1) is 0 Å². The number of likely N-dealkylation sites (N-methyl/N-ethyl adjacent to an activating group) is 2. The van der Waals surface area contributed by atoms with Gasteiger partial charge in [-0.1, -0.05) is 12.1 Å². The number of hydrogen-bond donors (Lipinski definition) is 2. The van der Waals surface area contributed by atoms with Gasteiger partial charge in [0.05, 0.1) is 12.1 Å². The van der Waals surface area contributed by atoms with E-state index in [4.69, 9.17) is 4.99 Å². The van der Waals surface area contributed by atoms with Crippen LogP contribution in [0.3, 0.4) is 0 Å². The Kier molecular flexibility index (Phi) is 10.5. The average molecular weight is 568 g/mol. The Morgan fingerprint density at radius 3 is 2.47 bits per heavy atom. The summed E-state index contributed by atoms with van der Waals surface area (Å²) in [5.41, 5.74) is 0.303. The maximum absolute atomic E-state index is 12.7. The van der Waals surface area contributed by atoms with Gasteiger partial charge in [0.1, 0.15) is 0 Å². The number of likely N-dealkylation sites (tertiary alicyclic amines) is 1. The molecule has 10 heteroatoms. The molecule has 32 heavy (non-hydrogen) atoms. The van der Waals surface area contributed by atoms with Crippen LogP contribution in [0.1, 0.15) is 24.5 Å². The molecule has 0 amide bonds. The van der Waals surface area contributed by atoms with E-state index in [1.807, 2.05) is 0 Å². The van der Waals surface area contributed by atoms with Crippen LogP contribution in [0.4, 0.5) is 13.2 Å². The van der Waals surface area contributed by atoms with Crippen molar-refractivity contribution in [3.63, 3.8) is 0 Å². The maximum Gasteiger partial charge on any atom is 0.416 e. The largest absolute Gasteiger partial charge is 0.416 e. The summed E-state index contributed by atoms with van der Waals surface area (Å²) in [6.07, 6.45) is -3.30. The Morgan fingerprint density at radius 1 is 1.09 bits per heavy atom. The molecule has 2 fully saturated rings. The van der Waals surface area contributed by atoms with E-state index in [-0.39, 0.29) is 30.0 Å². The highest BCUT2D eigenvalue weighted by Crippen LogP contribution is 2.29. The van der Waals surface area contributed by atoms with E-state index in [2.05, 4.69) is 46.4 Å². The Morgan fingerprint density at radius 2 is 1.81 bits per heavy atom. The van der Waals surface area contributed by atoms with Crippen LogP contribution < -0.4 is 10.6 Å². The molecule has 2 N–H and O–H groups in total. The Bertz CT molecular complexity index is 727. The molecule has 2 heterocycles. The van der Waals surface area contributed by atoms with E-state index < -0.39 is 11.7 Å². The predicted molar refractivity (Wildman–Crippen MR) is 134 cm³/mol. The zero-order valence-electron chi connectivity index (χ0n) is 19.2. The van der Waals surface area contributed by atoms with E-state index in [1.165, 1.54) is 0 Å². The summed E-state index contributed by atoms with van der Waals surface area (Å²) in [6.45, 7) is 9.18. The Labute approximate surface area is 206 Å². The van der Waals surface area contributed by atoms with Crippen molar-refractivity contribution in [3.05, 3.63) is 35.4 Å². The smallest absolute Gasteiger partial charge is 0.357 e. The van der Waals surface area contributed by atoms with E-state index >= 15 is 0 Å². The van der Waals surface area contributed by atoms with Gasteiger partial charge in [0, 0.05) is 57.9 Å². The number of nitrogens with one attached hydrogen (secondary N) is 2. The fourth-order valence-electron chi connectivity index (χ4n) is 4.16. The predicted octanol–water partition coefficient (Wildman–Crippen LogP) is 2.70. The van der Waals surface area contributed by atoms with E-state index in [0.717, 1.165) is 75.9 Å². The van der Waals surface area contributed by atoms with Crippen LogP contribution in [0.15, 0.2) is 29.3 Å². The lowest BCUT2D eigenvalue weighted by Gasteiger charge is -2.37. The molecule has 2 aliphatic heterocycles. The van der Waals surface area contributed by atoms with Gasteiger partial charge in [0.25, 0.3) is 0 Å². The highest BCUT2D eigenvalue weighted by Gasteiger charge is 2.30. The number of benzene rings is 1. The monoisotopic (exact) mass is 568 g/mol. The van der Waals surface area contributed by atoms with Crippen LogP contribution in [0.5, 0.6) is 0 Å². The molecular formula is C22H36F3IN6. The third-order valence-electron chi connectivity index (χ3n) is 6.09. The second kappa shape index (κ2) is 12.4. The summed E-state index contributed by atoms with van der Waals surface area (Å²) in [5, 5.41) is 6.89. The number of guanidine groups is 1. The summed E-state index contributed by atoms with van der Waals surface area (Å²) in [7, 11) is 4.31. The lowest BCUT2D eigenvalue weighted by molar-refractivity contribution is -0.137. The van der Waals surface area contributed by atoms with Crippen molar-refractivity contribution in [1.29, 1.82) is 0 Å². The van der Waals surface area contributed by atoms with Crippen LogP contribution in [-0.2, 0) is 12.7 Å². The number of alkyl halides is 3. The fraction of sp³-hybridized carbons (Fsp3) is 0.682. The molecule has 1 aromatic rings. The zero-order valence-corrected chi connectivity index (χ0v) is 21.5. The van der Waals surface area contributed by atoms with Gasteiger partial charge in [-0.15, -0.1) is 24.0 Å². The van der Waals surface area contributed by atoms with Crippen molar-refractivity contribution in [2.24, 2.45) is 4.99 Å². The molecule has 0 radical (unpaired) electrons. The minimum absolute atomic E-state index is 0. The first-order valence-corrected chi connectivity index (χ1v) is 11.1. The van der Waals surface area contributed by atoms with Gasteiger partial charge < -0.3 is 15.5 Å². The molecule has 0 aromatic heterocycles. The first-order chi connectivity index (χ1) is 14.7. The maximum atomic E-state index is 12.7. The standard InChI is InChI=1S/C22H35F3N6.HI/c1-4-26-21(27-13-20-16-29(2)11-12-30(20)3)28-19-9-10-31(15-19)14-17-5-7-18(8-6-17)22(23,24)25;/h5-8,19-20H,4,9-16H2,1-3H3,(H2,26,27,28);1H. The van der Waals surface area contributed by atoms with Crippen molar-refractivity contribution in [2.45, 2.75) is 38.1 Å². The molecule has 0 aliphatic carbocycles. The number of piperazine rings is 1. The zero-order chi connectivity index (χ0) is 22.4. The molecule has 2 unspecified atom stereocenters. The van der Waals surface area contributed by atoms with E-state index in [1.54, 1.807) is 12.1 Å². The van der Waals surface area contributed by atoms with Gasteiger partial charge in [-0.05, 0) is 45.1 Å². The van der Waals surface area contributed by atoms with Crippen molar-refractivity contribution in [3.8, 4) is 0 Å². The average Bonchev–Trinajstić information content (AvgIpc) is 3.15. The quantitative estimate of drug-likeness (QED) is 0.314. The summed E-state index contributed by atoms with van der Waals surface area (Å²) >= 11 is 0. The van der Waals surface area contributed by atoms with Crippen LogP contribution in [-0.4, -0.2) is 92.7 Å². The highest BCUT2D eigenvalue weighted by molar-refractivity contribution is 14.0. The van der Waals surface area contributed by atoms with Crippen molar-refractivity contribution >= 4 is 29.9 Å². The Hall–Kier alpha value is -1.11. The van der Waals surface area contributed by atoms with E-state index in [0.29, 0.717) is 12.6 Å². The first-order valence-electron chi connectivity index (χ1n) is 11.1. The van der Waals surface area contributed by atoms with Gasteiger partial charge in [-0.3, -0.25) is 14.8 Å². The highest BCUT2D eigenvalue weighted by atomic mass is 127. The molecule has 6 nitrogen and oxygen atoms in total. The SMILES string of the molecule is CCNC(=NCC1CN(C)CCN1C)NC1CCN(Cc2ccc(C(F)(F)F)cc2)C1.I. The van der Waals surface area contributed by atoms with Crippen LogP contribution >= 0.6 is 24.0 Å². The molecule has 0 saturated carbocycles. The number of halogens is 4. The molecule has 2 atom stereocenters. The minimum atomic E-state index is -4.29. The molecule has 182 valence electrons. The Balaban J connectivity index is 0.00000363. The third-order valence-corrected chi connectivity index (χ3v) is 6.09. The second-order valence-corrected chi connectivity index (χ2v) is 8.68. The molecule has 0 spiro atoms. The molecule has 2 saturated heterocycles. The minimum Gasteiger partial charge on any atom is -0.357 e. The fourth-order valence-corrected chi connectivity index (χ4v) is 4.16. The number of rotatable bonds is 6. The second-order valence-electron chi connectivity index (χ2n) is 8.68. The van der Waals surface area contributed by atoms with Gasteiger partial charge >= 0.3 is 6.18 Å². The summed E-state index contributed by atoms with van der Waals surface area (Å²) in [4.78, 5) is 11.8. The lowest BCUT2D eigenvalue weighted by atomic mass is 10.1. The molecule has 0 bridgehead atoms. The lowest BCUT2D eigenvalue weighted by Crippen LogP contribution is -2.52. The van der Waals surface area contributed by atoms with Crippen LogP contribution in [0.2, 0.25) is 0 Å². The number of aliphatic imine (C=N–C) groups is 1. The summed E-state index contributed by atoms with van der Waals surface area (Å²) < 4.78 is 38.2. The first kappa shape index (κ1) is 27.1. The number of hydrogen-bond acceptors (Lipinski definition) is 4. The number of nitrogens with zero attached hydrogens (tertiary/aromatic N) is 4. The van der Waals surface area contributed by atoms with Gasteiger partial charge in [-0.25, -0.2) is 0 Å². The van der Waals surface area contributed by atoms with Gasteiger partial charge in [0.15, 0.2) is 5.96 Å². The van der Waals surface area contributed by atoms with E-state index in [9.17, 15) is 13.2 Å². The molecule has 3 rings (SSSR count). The van der Waals surface area contributed by atoms with Gasteiger partial charge in [-0.2, -0.15) is 13.2 Å². The molecule has 1 aromatic carbocycles. The summed E-state index contributed by atoms with van der Waals surface area (Å²) in [6, 6.07) is 6.17. The van der Waals surface area contributed by atoms with Crippen molar-refractivity contribution in [2.75, 3.05) is 59.9 Å². The molecule has 2 aliphatic rings.